The molecule has 0 radical (unpaired) electrons. The molecule has 2 bridgehead atoms. The second kappa shape index (κ2) is 5.05. The minimum Gasteiger partial charge on any atom is -0.310 e. The summed E-state index contributed by atoms with van der Waals surface area (Å²) in [6.07, 6.45) is 5.26. The van der Waals surface area contributed by atoms with E-state index >= 15 is 0 Å². The van der Waals surface area contributed by atoms with Gasteiger partial charge in [-0.25, -0.2) is 8.78 Å². The number of benzene rings is 1. The van der Waals surface area contributed by atoms with E-state index in [9.17, 15) is 8.78 Å². The van der Waals surface area contributed by atoms with E-state index in [2.05, 4.69) is 12.2 Å². The van der Waals surface area contributed by atoms with E-state index in [0.29, 0.717) is 5.92 Å². The lowest BCUT2D eigenvalue weighted by Gasteiger charge is -2.22. The first-order valence-electron chi connectivity index (χ1n) is 8.39. The normalized spacial score (nSPS) is 37.6. The summed E-state index contributed by atoms with van der Waals surface area (Å²) in [6.45, 7) is 3.08. The van der Waals surface area contributed by atoms with Crippen molar-refractivity contribution in [1.29, 1.82) is 0 Å². The minimum absolute atomic E-state index is 0.207. The molecule has 1 aromatic rings. The Kier molecular flexibility index (Phi) is 3.29. The van der Waals surface area contributed by atoms with Crippen molar-refractivity contribution >= 4 is 0 Å². The molecule has 3 saturated carbocycles. The quantitative estimate of drug-likeness (QED) is 0.853. The van der Waals surface area contributed by atoms with Gasteiger partial charge in [-0.2, -0.15) is 0 Å². The summed E-state index contributed by atoms with van der Waals surface area (Å²) in [5.41, 5.74) is 0.932. The lowest BCUT2D eigenvalue weighted by Crippen LogP contribution is -2.26. The number of rotatable bonds is 5. The Morgan fingerprint density at radius 3 is 2.48 bits per heavy atom. The van der Waals surface area contributed by atoms with Crippen LogP contribution in [0.1, 0.15) is 44.2 Å². The lowest BCUT2D eigenvalue weighted by molar-refractivity contribution is 0.368. The zero-order valence-electron chi connectivity index (χ0n) is 12.5. The van der Waals surface area contributed by atoms with Gasteiger partial charge in [0.2, 0.25) is 0 Å². The highest BCUT2D eigenvalue weighted by molar-refractivity contribution is 5.27. The van der Waals surface area contributed by atoms with Crippen LogP contribution < -0.4 is 5.32 Å². The zero-order valence-corrected chi connectivity index (χ0v) is 12.5. The van der Waals surface area contributed by atoms with E-state index in [1.165, 1.54) is 31.4 Å². The van der Waals surface area contributed by atoms with Crippen LogP contribution >= 0.6 is 0 Å². The third kappa shape index (κ3) is 2.12. The topological polar surface area (TPSA) is 12.0 Å². The Labute approximate surface area is 125 Å². The van der Waals surface area contributed by atoms with Crippen LogP contribution in [0.2, 0.25) is 0 Å². The molecular weight excluding hydrogens is 268 g/mol. The molecule has 0 spiro atoms. The van der Waals surface area contributed by atoms with E-state index < -0.39 is 11.6 Å². The average Bonchev–Trinajstić information content (AvgIpc) is 2.90. The zero-order chi connectivity index (χ0) is 14.6. The second-order valence-corrected chi connectivity index (χ2v) is 7.17. The largest absolute Gasteiger partial charge is 0.310 e. The van der Waals surface area contributed by atoms with E-state index in [1.54, 1.807) is 6.07 Å². The fourth-order valence-corrected chi connectivity index (χ4v) is 5.32. The van der Waals surface area contributed by atoms with E-state index in [-0.39, 0.29) is 6.04 Å². The van der Waals surface area contributed by atoms with Crippen LogP contribution in [0.15, 0.2) is 18.2 Å². The van der Waals surface area contributed by atoms with Gasteiger partial charge in [0.1, 0.15) is 0 Å². The van der Waals surface area contributed by atoms with Crippen molar-refractivity contribution in [3.8, 4) is 0 Å². The predicted molar refractivity (Wildman–Crippen MR) is 78.7 cm³/mol. The summed E-state index contributed by atoms with van der Waals surface area (Å²) in [5.74, 6) is 2.67. The molecule has 5 atom stereocenters. The molecule has 114 valence electrons. The summed E-state index contributed by atoms with van der Waals surface area (Å²) < 4.78 is 26.8. The van der Waals surface area contributed by atoms with Gasteiger partial charge in [0.15, 0.2) is 11.6 Å². The highest BCUT2D eigenvalue weighted by atomic mass is 19.2. The highest BCUT2D eigenvalue weighted by Crippen LogP contribution is 2.72. The summed E-state index contributed by atoms with van der Waals surface area (Å²) in [4.78, 5) is 0. The molecule has 0 amide bonds. The van der Waals surface area contributed by atoms with Crippen LogP contribution in [-0.2, 0) is 0 Å². The monoisotopic (exact) mass is 291 g/mol. The Morgan fingerprint density at radius 2 is 1.86 bits per heavy atom. The first-order chi connectivity index (χ1) is 10.2. The summed E-state index contributed by atoms with van der Waals surface area (Å²) in [7, 11) is 0. The first kappa shape index (κ1) is 13.7. The number of halogens is 2. The maximum atomic E-state index is 13.6. The lowest BCUT2D eigenvalue weighted by atomic mass is 9.92. The van der Waals surface area contributed by atoms with Gasteiger partial charge in [0, 0.05) is 6.04 Å². The van der Waals surface area contributed by atoms with E-state index in [4.69, 9.17) is 0 Å². The van der Waals surface area contributed by atoms with Crippen LogP contribution in [0.3, 0.4) is 0 Å². The molecule has 1 aromatic carbocycles. The molecule has 5 unspecified atom stereocenters. The third-order valence-corrected chi connectivity index (χ3v) is 6.10. The average molecular weight is 291 g/mol. The van der Waals surface area contributed by atoms with Gasteiger partial charge in [0.05, 0.1) is 0 Å². The molecular formula is C18H23F2N. The van der Waals surface area contributed by atoms with Crippen molar-refractivity contribution in [1.82, 2.24) is 5.32 Å². The van der Waals surface area contributed by atoms with Crippen molar-refractivity contribution in [3.05, 3.63) is 35.4 Å². The van der Waals surface area contributed by atoms with E-state index in [0.717, 1.165) is 42.2 Å². The summed E-state index contributed by atoms with van der Waals surface area (Å²) in [6, 6.07) is 4.65. The van der Waals surface area contributed by atoms with Crippen molar-refractivity contribution in [2.45, 2.75) is 38.6 Å². The maximum Gasteiger partial charge on any atom is 0.159 e. The van der Waals surface area contributed by atoms with Crippen LogP contribution in [0.5, 0.6) is 0 Å². The molecule has 3 aliphatic carbocycles. The Morgan fingerprint density at radius 1 is 1.14 bits per heavy atom. The smallest absolute Gasteiger partial charge is 0.159 e. The fourth-order valence-electron chi connectivity index (χ4n) is 5.32. The van der Waals surface area contributed by atoms with Crippen LogP contribution in [-0.4, -0.2) is 6.54 Å². The number of hydrogen-bond acceptors (Lipinski definition) is 1. The van der Waals surface area contributed by atoms with Crippen molar-refractivity contribution in [3.63, 3.8) is 0 Å². The Balaban J connectivity index is 1.59. The third-order valence-electron chi connectivity index (χ3n) is 6.10. The SMILES string of the molecule is CCCNC(c1ccc(F)c(F)c1)C1C2C3CCC(C3)C21. The van der Waals surface area contributed by atoms with Crippen molar-refractivity contribution in [2.24, 2.45) is 29.6 Å². The van der Waals surface area contributed by atoms with Crippen LogP contribution in [0, 0.1) is 41.2 Å². The minimum atomic E-state index is -0.746. The standard InChI is InChI=1S/C18H23F2N/c1-2-7-21-18(12-5-6-13(19)14(20)9-12)17-15-10-3-4-11(8-10)16(15)17/h5-6,9-11,15-18,21H,2-4,7-8H2,1H3. The molecule has 21 heavy (non-hydrogen) atoms. The molecule has 0 aliphatic heterocycles. The van der Waals surface area contributed by atoms with Gasteiger partial charge in [-0.3, -0.25) is 0 Å². The second-order valence-electron chi connectivity index (χ2n) is 7.17. The molecule has 3 aliphatic rings. The van der Waals surface area contributed by atoms with Gasteiger partial charge in [-0.05, 0) is 79.5 Å². The van der Waals surface area contributed by atoms with Crippen LogP contribution in [0.25, 0.3) is 0 Å². The molecule has 3 heteroatoms. The molecule has 0 heterocycles. The fraction of sp³-hybridized carbons (Fsp3) is 0.667. The first-order valence-corrected chi connectivity index (χ1v) is 8.39. The highest BCUT2D eigenvalue weighted by Gasteiger charge is 2.66. The van der Waals surface area contributed by atoms with Gasteiger partial charge >= 0.3 is 0 Å². The molecule has 4 rings (SSSR count). The van der Waals surface area contributed by atoms with E-state index in [1.807, 2.05) is 0 Å². The molecule has 3 fully saturated rings. The summed E-state index contributed by atoms with van der Waals surface area (Å²) >= 11 is 0. The van der Waals surface area contributed by atoms with Crippen molar-refractivity contribution in [2.75, 3.05) is 6.54 Å². The number of fused-ring (bicyclic) bond motifs is 5. The Bertz CT molecular complexity index is 528. The van der Waals surface area contributed by atoms with Crippen LogP contribution in [0.4, 0.5) is 8.78 Å². The summed E-state index contributed by atoms with van der Waals surface area (Å²) in [5, 5.41) is 3.60. The van der Waals surface area contributed by atoms with Gasteiger partial charge < -0.3 is 5.32 Å². The van der Waals surface area contributed by atoms with Gasteiger partial charge in [0.25, 0.3) is 0 Å². The van der Waals surface area contributed by atoms with Crippen molar-refractivity contribution < 1.29 is 8.78 Å². The molecule has 1 nitrogen and oxygen atoms in total. The number of nitrogens with one attached hydrogen (secondary N) is 1. The molecule has 0 aromatic heterocycles. The maximum absolute atomic E-state index is 13.6. The van der Waals surface area contributed by atoms with Gasteiger partial charge in [-0.15, -0.1) is 0 Å². The molecule has 1 N–H and O–H groups in total. The van der Waals surface area contributed by atoms with Gasteiger partial charge in [-0.1, -0.05) is 13.0 Å². The molecule has 0 saturated heterocycles. The predicted octanol–water partition coefficient (Wildman–Crippen LogP) is 4.30. The number of hydrogen-bond donors (Lipinski definition) is 1. The Hall–Kier alpha value is -0.960.